The first-order valence-corrected chi connectivity index (χ1v) is 17.4. The largest absolute Gasteiger partial charge is 0.392 e. The zero-order valence-corrected chi connectivity index (χ0v) is 28.0. The van der Waals surface area contributed by atoms with Crippen LogP contribution >= 0.6 is 11.8 Å². The molecule has 10 nitrogen and oxygen atoms in total. The average Bonchev–Trinajstić information content (AvgIpc) is 3.55. The van der Waals surface area contributed by atoms with Crippen molar-refractivity contribution in [2.45, 2.75) is 81.8 Å². The van der Waals surface area contributed by atoms with E-state index in [1.807, 2.05) is 66.3 Å². The fourth-order valence-electron chi connectivity index (χ4n) is 5.64. The predicted octanol–water partition coefficient (Wildman–Crippen LogP) is 6.38. The second-order valence-corrected chi connectivity index (χ2v) is 13.0. The first-order chi connectivity index (χ1) is 23.4. The molecule has 0 radical (unpaired) electrons. The standard InChI is InChI=1S/C37H44N4O6S/c1-41-20-19-38-37(41)48-25-32-22-33(29-13-11-26(24-42)12-14-29)47-36(46-32)30-17-15-28(16-18-30)31-8-6-7-27(21-31)23-39-34(43)9-4-2-3-5-10-35(44)40-45/h6-8,11-21,32-33,36,42,45H,2-5,9-10,22-25H2,1H3,(H,39,43)(H,40,44). The Labute approximate surface area is 285 Å². The number of carbonyl (C=O) groups is 2. The fourth-order valence-corrected chi connectivity index (χ4v) is 6.59. The van der Waals surface area contributed by atoms with Crippen LogP contribution in [0.15, 0.2) is 90.3 Å². The zero-order chi connectivity index (χ0) is 33.7. The van der Waals surface area contributed by atoms with Gasteiger partial charge in [-0.25, -0.2) is 10.5 Å². The van der Waals surface area contributed by atoms with E-state index in [-0.39, 0.29) is 30.6 Å². The Morgan fingerprint density at radius 3 is 2.31 bits per heavy atom. The number of nitrogens with one attached hydrogen (secondary N) is 2. The molecule has 1 saturated heterocycles. The van der Waals surface area contributed by atoms with Crippen LogP contribution in [-0.4, -0.2) is 43.5 Å². The van der Waals surface area contributed by atoms with Crippen molar-refractivity contribution in [3.8, 4) is 11.1 Å². The first kappa shape index (κ1) is 35.3. The molecule has 0 spiro atoms. The summed E-state index contributed by atoms with van der Waals surface area (Å²) in [5, 5.41) is 22.0. The van der Waals surface area contributed by atoms with Gasteiger partial charge in [0.2, 0.25) is 11.8 Å². The van der Waals surface area contributed by atoms with Gasteiger partial charge in [-0.15, -0.1) is 0 Å². The summed E-state index contributed by atoms with van der Waals surface area (Å²) in [7, 11) is 1.99. The molecule has 48 heavy (non-hydrogen) atoms. The maximum absolute atomic E-state index is 12.4. The Kier molecular flexibility index (Phi) is 13.2. The first-order valence-electron chi connectivity index (χ1n) is 16.4. The van der Waals surface area contributed by atoms with Crippen molar-refractivity contribution in [3.63, 3.8) is 0 Å². The Bertz CT molecular complexity index is 1610. The molecule has 2 heterocycles. The van der Waals surface area contributed by atoms with Crippen LogP contribution in [0.2, 0.25) is 0 Å². The molecule has 3 aromatic carbocycles. The van der Waals surface area contributed by atoms with Crippen molar-refractivity contribution in [1.82, 2.24) is 20.3 Å². The van der Waals surface area contributed by atoms with Gasteiger partial charge in [0.15, 0.2) is 11.4 Å². The highest BCUT2D eigenvalue weighted by Crippen LogP contribution is 2.39. The van der Waals surface area contributed by atoms with Crippen LogP contribution in [0.3, 0.4) is 0 Å². The second-order valence-electron chi connectivity index (χ2n) is 12.0. The van der Waals surface area contributed by atoms with Gasteiger partial charge in [-0.1, -0.05) is 91.3 Å². The molecule has 4 N–H and O–H groups in total. The maximum Gasteiger partial charge on any atom is 0.243 e. The van der Waals surface area contributed by atoms with E-state index in [1.54, 1.807) is 23.4 Å². The quantitative estimate of drug-likeness (QED) is 0.0466. The molecular weight excluding hydrogens is 628 g/mol. The highest BCUT2D eigenvalue weighted by Gasteiger charge is 2.32. The van der Waals surface area contributed by atoms with Gasteiger partial charge in [-0.2, -0.15) is 0 Å². The number of hydrogen-bond donors (Lipinski definition) is 4. The number of thioether (sulfide) groups is 1. The van der Waals surface area contributed by atoms with Crippen LogP contribution in [0.1, 0.15) is 79.6 Å². The van der Waals surface area contributed by atoms with Crippen molar-refractivity contribution in [1.29, 1.82) is 0 Å². The van der Waals surface area contributed by atoms with Gasteiger partial charge in [-0.05, 0) is 46.7 Å². The Hall–Kier alpha value is -4.00. The molecule has 1 fully saturated rings. The summed E-state index contributed by atoms with van der Waals surface area (Å²) in [6.07, 6.45) is 7.57. The number of aliphatic hydroxyl groups is 1. The van der Waals surface area contributed by atoms with Crippen LogP contribution in [-0.2, 0) is 39.3 Å². The van der Waals surface area contributed by atoms with Gasteiger partial charge in [0, 0.05) is 56.6 Å². The van der Waals surface area contributed by atoms with Crippen molar-refractivity contribution >= 4 is 23.6 Å². The Balaban J connectivity index is 1.18. The van der Waals surface area contributed by atoms with E-state index in [1.165, 1.54) is 0 Å². The molecule has 11 heteroatoms. The summed E-state index contributed by atoms with van der Waals surface area (Å²) in [6.45, 7) is 0.450. The minimum absolute atomic E-state index is 0.00216. The minimum atomic E-state index is -0.538. The van der Waals surface area contributed by atoms with Crippen LogP contribution in [0.25, 0.3) is 11.1 Å². The van der Waals surface area contributed by atoms with Crippen molar-refractivity contribution < 1.29 is 29.4 Å². The normalized spacial score (nSPS) is 17.6. The second kappa shape index (κ2) is 18.0. The van der Waals surface area contributed by atoms with Crippen LogP contribution in [0.5, 0.6) is 0 Å². The molecule has 5 rings (SSSR count). The van der Waals surface area contributed by atoms with Crippen molar-refractivity contribution in [3.05, 3.63) is 107 Å². The van der Waals surface area contributed by atoms with E-state index < -0.39 is 6.29 Å². The molecule has 2 amide bonds. The maximum atomic E-state index is 12.4. The Morgan fingerprint density at radius 1 is 0.896 bits per heavy atom. The summed E-state index contributed by atoms with van der Waals surface area (Å²) in [4.78, 5) is 27.9. The molecule has 1 aliphatic heterocycles. The SMILES string of the molecule is Cn1ccnc1SCC1CC(c2ccc(CO)cc2)OC(c2ccc(-c3cccc(CNC(=O)CCCCCCC(=O)NO)c3)cc2)O1. The number of hydroxylamine groups is 1. The lowest BCUT2D eigenvalue weighted by molar-refractivity contribution is -0.245. The molecule has 0 aliphatic carbocycles. The van der Waals surface area contributed by atoms with E-state index in [0.717, 1.165) is 63.6 Å². The monoisotopic (exact) mass is 672 g/mol. The third-order valence-electron chi connectivity index (χ3n) is 8.41. The number of benzene rings is 3. The molecular formula is C37H44N4O6S. The number of imidazole rings is 1. The molecule has 1 aromatic heterocycles. The number of amides is 2. The molecule has 3 unspecified atom stereocenters. The third-order valence-corrected chi connectivity index (χ3v) is 9.60. The van der Waals surface area contributed by atoms with Gasteiger partial charge in [-0.3, -0.25) is 14.8 Å². The Morgan fingerprint density at radius 2 is 1.62 bits per heavy atom. The number of aromatic nitrogens is 2. The lowest BCUT2D eigenvalue weighted by Gasteiger charge is -2.36. The van der Waals surface area contributed by atoms with Gasteiger partial charge < -0.3 is 24.5 Å². The van der Waals surface area contributed by atoms with E-state index in [0.29, 0.717) is 32.2 Å². The van der Waals surface area contributed by atoms with Crippen LogP contribution < -0.4 is 10.8 Å². The number of rotatable bonds is 16. The zero-order valence-electron chi connectivity index (χ0n) is 27.2. The summed E-state index contributed by atoms with van der Waals surface area (Å²) in [5.41, 5.74) is 7.60. The molecule has 4 aromatic rings. The number of aryl methyl sites for hydroxylation is 1. The molecule has 3 atom stereocenters. The lowest BCUT2D eigenvalue weighted by Crippen LogP contribution is -2.31. The van der Waals surface area contributed by atoms with Crippen molar-refractivity contribution in [2.24, 2.45) is 7.05 Å². The van der Waals surface area contributed by atoms with Gasteiger partial charge in [0.25, 0.3) is 0 Å². The van der Waals surface area contributed by atoms with E-state index in [2.05, 4.69) is 34.6 Å². The molecule has 254 valence electrons. The van der Waals surface area contributed by atoms with Gasteiger partial charge >= 0.3 is 0 Å². The number of carbonyl (C=O) groups excluding carboxylic acids is 2. The lowest BCUT2D eigenvalue weighted by atomic mass is 9.99. The summed E-state index contributed by atoms with van der Waals surface area (Å²) in [5.74, 6) is 0.363. The van der Waals surface area contributed by atoms with E-state index in [9.17, 15) is 14.7 Å². The number of unbranched alkanes of at least 4 members (excludes halogenated alkanes) is 3. The minimum Gasteiger partial charge on any atom is -0.392 e. The van der Waals surface area contributed by atoms with Crippen LogP contribution in [0, 0.1) is 0 Å². The fraction of sp³-hybridized carbons (Fsp3) is 0.378. The molecule has 0 bridgehead atoms. The van der Waals surface area contributed by atoms with Crippen molar-refractivity contribution in [2.75, 3.05) is 5.75 Å². The number of hydrogen-bond acceptors (Lipinski definition) is 8. The van der Waals surface area contributed by atoms with E-state index in [4.69, 9.17) is 14.7 Å². The van der Waals surface area contributed by atoms with Gasteiger partial charge in [0.05, 0.1) is 18.8 Å². The van der Waals surface area contributed by atoms with Gasteiger partial charge in [0.1, 0.15) is 0 Å². The van der Waals surface area contributed by atoms with E-state index >= 15 is 0 Å². The molecule has 1 aliphatic rings. The smallest absolute Gasteiger partial charge is 0.243 e. The predicted molar refractivity (Wildman–Crippen MR) is 184 cm³/mol. The highest BCUT2D eigenvalue weighted by atomic mass is 32.2. The molecule has 0 saturated carbocycles. The highest BCUT2D eigenvalue weighted by molar-refractivity contribution is 7.99. The summed E-state index contributed by atoms with van der Waals surface area (Å²) < 4.78 is 15.0. The number of nitrogens with zero attached hydrogens (tertiary/aromatic N) is 2. The van der Waals surface area contributed by atoms with Crippen LogP contribution in [0.4, 0.5) is 0 Å². The third kappa shape index (κ3) is 10.2. The summed E-state index contributed by atoms with van der Waals surface area (Å²) >= 11 is 1.67. The number of aliphatic hydroxyl groups excluding tert-OH is 1. The summed E-state index contributed by atoms with van der Waals surface area (Å²) in [6, 6.07) is 24.3. The average molecular weight is 673 g/mol. The topological polar surface area (TPSA) is 135 Å². The number of ether oxygens (including phenoxy) is 2.